The van der Waals surface area contributed by atoms with Crippen LogP contribution in [0.25, 0.3) is 0 Å². The van der Waals surface area contributed by atoms with Crippen molar-refractivity contribution in [3.05, 3.63) is 35.9 Å². The molecule has 0 aliphatic rings. The van der Waals surface area contributed by atoms with Gasteiger partial charge >= 0.3 is 6.03 Å². The second-order valence-corrected chi connectivity index (χ2v) is 5.01. The lowest BCUT2D eigenvalue weighted by Gasteiger charge is -2.24. The predicted molar refractivity (Wildman–Crippen MR) is 79.0 cm³/mol. The van der Waals surface area contributed by atoms with E-state index < -0.39 is 12.1 Å². The van der Waals surface area contributed by atoms with Gasteiger partial charge in [-0.05, 0) is 18.4 Å². The Balaban J connectivity index is 2.73. The summed E-state index contributed by atoms with van der Waals surface area (Å²) < 4.78 is 0. The third-order valence-corrected chi connectivity index (χ3v) is 3.45. The highest BCUT2D eigenvalue weighted by Crippen LogP contribution is 2.13. The van der Waals surface area contributed by atoms with Gasteiger partial charge in [0, 0.05) is 0 Å². The summed E-state index contributed by atoms with van der Waals surface area (Å²) in [6, 6.07) is 8.26. The van der Waals surface area contributed by atoms with E-state index in [1.54, 1.807) is 0 Å². The molecule has 1 aromatic carbocycles. The highest BCUT2D eigenvalue weighted by molar-refractivity contribution is 5.87. The van der Waals surface area contributed by atoms with Gasteiger partial charge in [-0.25, -0.2) is 4.79 Å². The molecule has 5 heteroatoms. The molecule has 5 nitrogen and oxygen atoms in total. The lowest BCUT2D eigenvalue weighted by Crippen LogP contribution is -2.52. The Bertz CT molecular complexity index is 448. The van der Waals surface area contributed by atoms with Crippen LogP contribution >= 0.6 is 0 Å². The summed E-state index contributed by atoms with van der Waals surface area (Å²) in [5.41, 5.74) is 6.15. The SMILES string of the molecule is CCC(C)C(NC(N)=O)C(=O)NC(C)c1ccccc1. The van der Waals surface area contributed by atoms with Gasteiger partial charge in [0.2, 0.25) is 5.91 Å². The van der Waals surface area contributed by atoms with Gasteiger partial charge in [-0.3, -0.25) is 4.79 Å². The van der Waals surface area contributed by atoms with Crippen molar-refractivity contribution in [1.82, 2.24) is 10.6 Å². The molecule has 3 atom stereocenters. The maximum absolute atomic E-state index is 12.3. The van der Waals surface area contributed by atoms with Crippen LogP contribution in [-0.4, -0.2) is 18.0 Å². The lowest BCUT2D eigenvalue weighted by atomic mass is 9.97. The minimum Gasteiger partial charge on any atom is -0.352 e. The second-order valence-electron chi connectivity index (χ2n) is 5.01. The summed E-state index contributed by atoms with van der Waals surface area (Å²) in [5, 5.41) is 5.42. The fourth-order valence-corrected chi connectivity index (χ4v) is 1.98. The van der Waals surface area contributed by atoms with Crippen LogP contribution in [0.2, 0.25) is 0 Å². The van der Waals surface area contributed by atoms with Gasteiger partial charge in [0.15, 0.2) is 0 Å². The Labute approximate surface area is 119 Å². The number of nitrogens with two attached hydrogens (primary N) is 1. The molecule has 0 aliphatic heterocycles. The van der Waals surface area contributed by atoms with Crippen LogP contribution in [0, 0.1) is 5.92 Å². The summed E-state index contributed by atoms with van der Waals surface area (Å²) in [5.74, 6) is -0.194. The number of hydrogen-bond acceptors (Lipinski definition) is 2. The molecule has 3 unspecified atom stereocenters. The standard InChI is InChI=1S/C15H23N3O2/c1-4-10(2)13(18-15(16)20)14(19)17-11(3)12-8-6-5-7-9-12/h5-11,13H,4H2,1-3H3,(H,17,19)(H3,16,18,20). The van der Waals surface area contributed by atoms with Crippen LogP contribution in [0.15, 0.2) is 30.3 Å². The topological polar surface area (TPSA) is 84.2 Å². The van der Waals surface area contributed by atoms with Crippen LogP contribution in [0.3, 0.4) is 0 Å². The molecule has 1 rings (SSSR count). The first-order valence-electron chi connectivity index (χ1n) is 6.87. The van der Waals surface area contributed by atoms with E-state index in [1.807, 2.05) is 51.1 Å². The Kier molecular flexibility index (Phi) is 6.03. The zero-order chi connectivity index (χ0) is 15.1. The minimum absolute atomic E-state index is 0.0190. The molecule has 0 radical (unpaired) electrons. The Morgan fingerprint density at radius 3 is 2.25 bits per heavy atom. The molecule has 0 fully saturated rings. The Morgan fingerprint density at radius 2 is 1.75 bits per heavy atom. The highest BCUT2D eigenvalue weighted by atomic mass is 16.2. The van der Waals surface area contributed by atoms with Crippen molar-refractivity contribution in [3.8, 4) is 0 Å². The maximum Gasteiger partial charge on any atom is 0.312 e. The molecule has 0 heterocycles. The van der Waals surface area contributed by atoms with Crippen LogP contribution in [0.5, 0.6) is 0 Å². The van der Waals surface area contributed by atoms with Crippen molar-refractivity contribution < 1.29 is 9.59 Å². The number of amides is 3. The maximum atomic E-state index is 12.3. The fraction of sp³-hybridized carbons (Fsp3) is 0.467. The fourth-order valence-electron chi connectivity index (χ4n) is 1.98. The van der Waals surface area contributed by atoms with E-state index in [1.165, 1.54) is 0 Å². The third kappa shape index (κ3) is 4.57. The normalized spacial score (nSPS) is 14.9. The van der Waals surface area contributed by atoms with Crippen LogP contribution < -0.4 is 16.4 Å². The minimum atomic E-state index is -0.683. The average molecular weight is 277 g/mol. The quantitative estimate of drug-likeness (QED) is 0.742. The van der Waals surface area contributed by atoms with E-state index >= 15 is 0 Å². The number of urea groups is 1. The predicted octanol–water partition coefficient (Wildman–Crippen LogP) is 1.95. The summed E-state index contributed by atoms with van der Waals surface area (Å²) in [4.78, 5) is 23.3. The molecule has 1 aromatic rings. The van der Waals surface area contributed by atoms with E-state index in [4.69, 9.17) is 5.73 Å². The molecule has 0 aliphatic carbocycles. The first kappa shape index (κ1) is 16.0. The van der Waals surface area contributed by atoms with E-state index in [9.17, 15) is 9.59 Å². The first-order chi connectivity index (χ1) is 9.45. The highest BCUT2D eigenvalue weighted by Gasteiger charge is 2.26. The van der Waals surface area contributed by atoms with Gasteiger partial charge in [0.05, 0.1) is 6.04 Å². The molecule has 0 saturated carbocycles. The van der Waals surface area contributed by atoms with Gasteiger partial charge in [-0.2, -0.15) is 0 Å². The number of primary amides is 1. The largest absolute Gasteiger partial charge is 0.352 e. The molecule has 0 aromatic heterocycles. The molecule has 0 spiro atoms. The van der Waals surface area contributed by atoms with Gasteiger partial charge in [-0.1, -0.05) is 50.6 Å². The average Bonchev–Trinajstić information content (AvgIpc) is 2.44. The number of carbonyl (C=O) groups is 2. The van der Waals surface area contributed by atoms with Gasteiger partial charge in [0.25, 0.3) is 0 Å². The molecular formula is C15H23N3O2. The lowest BCUT2D eigenvalue weighted by molar-refractivity contribution is -0.124. The summed E-state index contributed by atoms with van der Waals surface area (Å²) >= 11 is 0. The summed E-state index contributed by atoms with van der Waals surface area (Å²) in [6.45, 7) is 5.78. The number of carbonyl (C=O) groups excluding carboxylic acids is 2. The number of nitrogens with one attached hydrogen (secondary N) is 2. The van der Waals surface area contributed by atoms with E-state index in [0.29, 0.717) is 0 Å². The zero-order valence-corrected chi connectivity index (χ0v) is 12.2. The van der Waals surface area contributed by atoms with Gasteiger partial charge in [0.1, 0.15) is 6.04 Å². The Hall–Kier alpha value is -2.04. The van der Waals surface area contributed by atoms with Crippen LogP contribution in [-0.2, 0) is 4.79 Å². The van der Waals surface area contributed by atoms with Gasteiger partial charge in [-0.15, -0.1) is 0 Å². The van der Waals surface area contributed by atoms with Crippen LogP contribution in [0.4, 0.5) is 4.79 Å². The Morgan fingerprint density at radius 1 is 1.15 bits per heavy atom. The van der Waals surface area contributed by atoms with Crippen molar-refractivity contribution in [3.63, 3.8) is 0 Å². The molecule has 0 saturated heterocycles. The molecule has 20 heavy (non-hydrogen) atoms. The second kappa shape index (κ2) is 7.53. The van der Waals surface area contributed by atoms with E-state index in [-0.39, 0.29) is 17.9 Å². The molecule has 110 valence electrons. The van der Waals surface area contributed by atoms with Crippen LogP contribution in [0.1, 0.15) is 38.8 Å². The number of benzene rings is 1. The monoisotopic (exact) mass is 277 g/mol. The number of hydrogen-bond donors (Lipinski definition) is 3. The first-order valence-corrected chi connectivity index (χ1v) is 6.87. The van der Waals surface area contributed by atoms with Crippen molar-refractivity contribution in [2.24, 2.45) is 11.7 Å². The smallest absolute Gasteiger partial charge is 0.312 e. The zero-order valence-electron chi connectivity index (χ0n) is 12.2. The van der Waals surface area contributed by atoms with Crippen molar-refractivity contribution in [2.75, 3.05) is 0 Å². The number of rotatable bonds is 6. The van der Waals surface area contributed by atoms with Crippen molar-refractivity contribution in [1.29, 1.82) is 0 Å². The van der Waals surface area contributed by atoms with Crippen molar-refractivity contribution >= 4 is 11.9 Å². The van der Waals surface area contributed by atoms with Gasteiger partial charge < -0.3 is 16.4 Å². The molecule has 4 N–H and O–H groups in total. The summed E-state index contributed by atoms with van der Waals surface area (Å²) in [7, 11) is 0. The van der Waals surface area contributed by atoms with E-state index in [2.05, 4.69) is 10.6 Å². The summed E-state index contributed by atoms with van der Waals surface area (Å²) in [6.07, 6.45) is 0.776. The molecule has 0 bridgehead atoms. The molecule has 3 amide bonds. The third-order valence-electron chi connectivity index (χ3n) is 3.45. The van der Waals surface area contributed by atoms with Crippen molar-refractivity contribution in [2.45, 2.75) is 39.3 Å². The molecular weight excluding hydrogens is 254 g/mol. The van der Waals surface area contributed by atoms with E-state index in [0.717, 1.165) is 12.0 Å².